The molecule has 2 atom stereocenters. The van der Waals surface area contributed by atoms with Crippen molar-refractivity contribution in [1.82, 2.24) is 14.8 Å². The number of methoxy groups -OCH3 is 2. The summed E-state index contributed by atoms with van der Waals surface area (Å²) in [6.07, 6.45) is 0.892. The van der Waals surface area contributed by atoms with E-state index in [1.165, 1.54) is 18.5 Å². The minimum absolute atomic E-state index is 0.344. The number of aromatic nitrogens is 3. The summed E-state index contributed by atoms with van der Waals surface area (Å²) in [5.41, 5.74) is 3.98. The first-order valence-electron chi connectivity index (χ1n) is 10.9. The lowest BCUT2D eigenvalue weighted by Crippen LogP contribution is -2.32. The lowest BCUT2D eigenvalue weighted by molar-refractivity contribution is 0.222. The van der Waals surface area contributed by atoms with Gasteiger partial charge in [0.05, 0.1) is 19.9 Å². The molecule has 0 spiro atoms. The van der Waals surface area contributed by atoms with E-state index in [9.17, 15) is 4.39 Å². The highest BCUT2D eigenvalue weighted by Crippen LogP contribution is 2.51. The molecule has 4 aromatic rings. The Kier molecular flexibility index (Phi) is 5.11. The first-order chi connectivity index (χ1) is 17.1. The Morgan fingerprint density at radius 2 is 1.86 bits per heavy atom. The van der Waals surface area contributed by atoms with Crippen molar-refractivity contribution in [3.05, 3.63) is 100 Å². The Morgan fingerprint density at radius 1 is 1.00 bits per heavy atom. The standard InChI is InChI=1S/C26H20ClFN4O3/c1-33-20-8-6-14(11-21(20)34-2)24-22-23(31-26-29-13-30-32(24)26)18-12-16(27)7-9-19(18)35-25(22)15-4-3-5-17(28)10-15/h3-13,24-25H,1-2H3,(H,29,30,31)/t24-,25-/m1/s1. The maximum Gasteiger partial charge on any atom is 0.226 e. The maximum atomic E-state index is 14.3. The van der Waals surface area contributed by atoms with Gasteiger partial charge in [0.2, 0.25) is 5.95 Å². The fourth-order valence-electron chi connectivity index (χ4n) is 4.73. The summed E-state index contributed by atoms with van der Waals surface area (Å²) >= 11 is 6.37. The highest BCUT2D eigenvalue weighted by molar-refractivity contribution is 6.30. The normalized spacial score (nSPS) is 18.1. The third-order valence-corrected chi connectivity index (χ3v) is 6.49. The topological polar surface area (TPSA) is 70.4 Å². The molecule has 2 aliphatic heterocycles. The minimum atomic E-state index is -0.600. The largest absolute Gasteiger partial charge is 0.493 e. The van der Waals surface area contributed by atoms with E-state index in [4.69, 9.17) is 25.8 Å². The summed E-state index contributed by atoms with van der Waals surface area (Å²) in [5, 5.41) is 8.48. The Morgan fingerprint density at radius 3 is 2.66 bits per heavy atom. The molecule has 35 heavy (non-hydrogen) atoms. The Bertz CT molecular complexity index is 1490. The molecule has 0 radical (unpaired) electrons. The van der Waals surface area contributed by atoms with Gasteiger partial charge in [-0.3, -0.25) is 0 Å². The summed E-state index contributed by atoms with van der Waals surface area (Å²) in [6, 6.07) is 17.1. The zero-order valence-corrected chi connectivity index (χ0v) is 19.6. The number of nitrogens with zero attached hydrogens (tertiary/aromatic N) is 3. The highest BCUT2D eigenvalue weighted by Gasteiger charge is 2.41. The summed E-state index contributed by atoms with van der Waals surface area (Å²) in [6.45, 7) is 0. The molecule has 0 bridgehead atoms. The zero-order valence-electron chi connectivity index (χ0n) is 18.8. The van der Waals surface area contributed by atoms with Gasteiger partial charge in [0.1, 0.15) is 30.0 Å². The number of hydrogen-bond donors (Lipinski definition) is 1. The van der Waals surface area contributed by atoms with Crippen LogP contribution in [0.4, 0.5) is 10.3 Å². The van der Waals surface area contributed by atoms with Crippen molar-refractivity contribution in [2.24, 2.45) is 0 Å². The van der Waals surface area contributed by atoms with Crippen LogP contribution >= 0.6 is 11.6 Å². The second-order valence-electron chi connectivity index (χ2n) is 8.19. The van der Waals surface area contributed by atoms with Crippen LogP contribution in [0.3, 0.4) is 0 Å². The molecule has 0 aliphatic carbocycles. The van der Waals surface area contributed by atoms with Gasteiger partial charge < -0.3 is 19.5 Å². The van der Waals surface area contributed by atoms with Gasteiger partial charge in [-0.1, -0.05) is 29.8 Å². The van der Waals surface area contributed by atoms with Crippen molar-refractivity contribution in [3.63, 3.8) is 0 Å². The third kappa shape index (κ3) is 3.49. The molecule has 1 aromatic heterocycles. The van der Waals surface area contributed by atoms with Crippen molar-refractivity contribution >= 4 is 23.2 Å². The van der Waals surface area contributed by atoms with E-state index in [1.54, 1.807) is 31.0 Å². The van der Waals surface area contributed by atoms with Crippen LogP contribution in [-0.2, 0) is 0 Å². The van der Waals surface area contributed by atoms with Gasteiger partial charge in [0.15, 0.2) is 11.5 Å². The van der Waals surface area contributed by atoms with Crippen LogP contribution in [0.2, 0.25) is 5.02 Å². The molecule has 0 saturated carbocycles. The monoisotopic (exact) mass is 490 g/mol. The number of nitrogens with one attached hydrogen (secondary N) is 1. The number of halogens is 2. The molecule has 7 nitrogen and oxygen atoms in total. The van der Waals surface area contributed by atoms with Gasteiger partial charge >= 0.3 is 0 Å². The average Bonchev–Trinajstić information content (AvgIpc) is 3.35. The molecule has 0 amide bonds. The Balaban J connectivity index is 1.63. The van der Waals surface area contributed by atoms with Crippen LogP contribution in [0.25, 0.3) is 5.70 Å². The van der Waals surface area contributed by atoms with Gasteiger partial charge in [0.25, 0.3) is 0 Å². The predicted octanol–water partition coefficient (Wildman–Crippen LogP) is 5.65. The zero-order chi connectivity index (χ0) is 24.1. The van der Waals surface area contributed by atoms with Crippen molar-refractivity contribution in [2.75, 3.05) is 19.5 Å². The number of ether oxygens (including phenoxy) is 3. The number of anilines is 1. The second kappa shape index (κ2) is 8.32. The van der Waals surface area contributed by atoms with Crippen molar-refractivity contribution in [2.45, 2.75) is 12.1 Å². The molecular formula is C26H20ClFN4O3. The van der Waals surface area contributed by atoms with Gasteiger partial charge in [-0.05, 0) is 53.6 Å². The fraction of sp³-hybridized carbons (Fsp3) is 0.154. The first kappa shape index (κ1) is 21.5. The quantitative estimate of drug-likeness (QED) is 0.399. The molecule has 6 rings (SSSR count). The predicted molar refractivity (Wildman–Crippen MR) is 129 cm³/mol. The molecular weight excluding hydrogens is 471 g/mol. The van der Waals surface area contributed by atoms with Crippen LogP contribution in [0, 0.1) is 5.82 Å². The maximum absolute atomic E-state index is 14.3. The van der Waals surface area contributed by atoms with E-state index in [0.717, 1.165) is 22.4 Å². The van der Waals surface area contributed by atoms with Crippen LogP contribution in [0.15, 0.2) is 72.6 Å². The van der Waals surface area contributed by atoms with Crippen LogP contribution in [-0.4, -0.2) is 29.0 Å². The third-order valence-electron chi connectivity index (χ3n) is 6.25. The van der Waals surface area contributed by atoms with Gasteiger partial charge in [0, 0.05) is 16.2 Å². The summed E-state index contributed by atoms with van der Waals surface area (Å²) in [4.78, 5) is 4.42. The van der Waals surface area contributed by atoms with Crippen molar-refractivity contribution in [3.8, 4) is 17.2 Å². The highest BCUT2D eigenvalue weighted by atomic mass is 35.5. The number of benzene rings is 3. The fourth-order valence-corrected chi connectivity index (χ4v) is 4.90. The molecule has 1 N–H and O–H groups in total. The van der Waals surface area contributed by atoms with Crippen molar-refractivity contribution in [1.29, 1.82) is 0 Å². The van der Waals surface area contributed by atoms with Crippen LogP contribution in [0.5, 0.6) is 17.2 Å². The van der Waals surface area contributed by atoms with Gasteiger partial charge in [-0.2, -0.15) is 10.1 Å². The van der Waals surface area contributed by atoms with E-state index >= 15 is 0 Å². The van der Waals surface area contributed by atoms with E-state index in [2.05, 4.69) is 15.4 Å². The summed E-state index contributed by atoms with van der Waals surface area (Å²) in [7, 11) is 3.18. The summed E-state index contributed by atoms with van der Waals surface area (Å²) in [5.74, 6) is 2.04. The molecule has 3 heterocycles. The molecule has 2 aliphatic rings. The number of rotatable bonds is 4. The molecule has 176 valence electrons. The molecule has 0 unspecified atom stereocenters. The number of fused-ring (bicyclic) bond motifs is 3. The number of hydrogen-bond acceptors (Lipinski definition) is 6. The molecule has 3 aromatic carbocycles. The molecule has 0 saturated heterocycles. The van der Waals surface area contributed by atoms with Gasteiger partial charge in [-0.25, -0.2) is 9.07 Å². The first-order valence-corrected chi connectivity index (χ1v) is 11.3. The lowest BCUT2D eigenvalue weighted by atomic mass is 9.84. The molecule has 0 fully saturated rings. The average molecular weight is 491 g/mol. The van der Waals surface area contributed by atoms with Crippen LogP contribution in [0.1, 0.15) is 28.8 Å². The van der Waals surface area contributed by atoms with Crippen molar-refractivity contribution < 1.29 is 18.6 Å². The van der Waals surface area contributed by atoms with E-state index < -0.39 is 12.1 Å². The Hall–Kier alpha value is -4.04. The van der Waals surface area contributed by atoms with E-state index in [-0.39, 0.29) is 5.82 Å². The Labute approximate surface area is 205 Å². The lowest BCUT2D eigenvalue weighted by Gasteiger charge is -2.39. The smallest absolute Gasteiger partial charge is 0.226 e. The van der Waals surface area contributed by atoms with E-state index in [0.29, 0.717) is 33.8 Å². The summed E-state index contributed by atoms with van der Waals surface area (Å²) < 4.78 is 33.6. The molecule has 9 heteroatoms. The SMILES string of the molecule is COc1ccc([C@@H]2C3=C(Nc4ncnn42)c2cc(Cl)ccc2O[C@@H]3c2cccc(F)c2)cc1OC. The van der Waals surface area contributed by atoms with Gasteiger partial charge in [-0.15, -0.1) is 0 Å². The second-order valence-corrected chi connectivity index (χ2v) is 8.63. The van der Waals surface area contributed by atoms with E-state index in [1.807, 2.05) is 36.4 Å². The van der Waals surface area contributed by atoms with Crippen LogP contribution < -0.4 is 19.5 Å². The minimum Gasteiger partial charge on any atom is -0.493 e.